The van der Waals surface area contributed by atoms with Crippen LogP contribution in [0.2, 0.25) is 0 Å². The second-order valence-corrected chi connectivity index (χ2v) is 8.12. The van der Waals surface area contributed by atoms with E-state index in [9.17, 15) is 9.59 Å². The molecule has 3 aromatic rings. The number of aromatic nitrogens is 1. The maximum atomic E-state index is 12.2. The summed E-state index contributed by atoms with van der Waals surface area (Å²) >= 11 is 1.37. The fourth-order valence-electron chi connectivity index (χ4n) is 3.43. The van der Waals surface area contributed by atoms with Crippen LogP contribution < -0.4 is 15.4 Å². The number of nitrogens with one attached hydrogen (secondary N) is 2. The van der Waals surface area contributed by atoms with Gasteiger partial charge in [0.2, 0.25) is 5.91 Å². The highest BCUT2D eigenvalue weighted by molar-refractivity contribution is 7.14. The topological polar surface area (TPSA) is 80.3 Å². The maximum Gasteiger partial charge on any atom is 0.264 e. The number of anilines is 1. The minimum atomic E-state index is -0.234. The van der Waals surface area contributed by atoms with E-state index < -0.39 is 0 Å². The van der Waals surface area contributed by atoms with Crippen LogP contribution in [0.5, 0.6) is 5.75 Å². The first-order valence-electron chi connectivity index (χ1n) is 9.90. The second-order valence-electron chi connectivity index (χ2n) is 7.27. The van der Waals surface area contributed by atoms with Crippen molar-refractivity contribution in [3.63, 3.8) is 0 Å². The fourth-order valence-corrected chi connectivity index (χ4v) is 4.16. The second kappa shape index (κ2) is 9.09. The molecule has 1 aliphatic rings. The van der Waals surface area contributed by atoms with Crippen molar-refractivity contribution in [3.8, 4) is 17.0 Å². The molecule has 4 rings (SSSR count). The number of nitrogens with zero attached hydrogens (tertiary/aromatic N) is 1. The van der Waals surface area contributed by atoms with Gasteiger partial charge in [-0.1, -0.05) is 30.3 Å². The summed E-state index contributed by atoms with van der Waals surface area (Å²) in [5.41, 5.74) is 5.46. The molecule has 1 aromatic heterocycles. The summed E-state index contributed by atoms with van der Waals surface area (Å²) in [5.74, 6) is 0.436. The molecule has 2 aromatic carbocycles. The highest BCUT2D eigenvalue weighted by Gasteiger charge is 2.13. The van der Waals surface area contributed by atoms with Gasteiger partial charge in [-0.3, -0.25) is 14.9 Å². The van der Waals surface area contributed by atoms with Crippen LogP contribution in [-0.2, 0) is 29.0 Å². The van der Waals surface area contributed by atoms with Crippen LogP contribution in [0.25, 0.3) is 11.3 Å². The summed E-state index contributed by atoms with van der Waals surface area (Å²) < 4.78 is 5.64. The first kappa shape index (κ1) is 20.1. The molecule has 1 heterocycles. The van der Waals surface area contributed by atoms with Crippen molar-refractivity contribution in [3.05, 3.63) is 64.5 Å². The first-order valence-corrected chi connectivity index (χ1v) is 10.8. The van der Waals surface area contributed by atoms with E-state index in [1.165, 1.54) is 35.8 Å². The minimum absolute atomic E-state index is 0.0501. The summed E-state index contributed by atoms with van der Waals surface area (Å²) in [6.45, 7) is 1.94. The van der Waals surface area contributed by atoms with Gasteiger partial charge in [-0.25, -0.2) is 4.98 Å². The molecule has 1 aliphatic carbocycles. The molecular weight excluding hydrogens is 398 g/mol. The van der Waals surface area contributed by atoms with Crippen molar-refractivity contribution in [1.29, 1.82) is 0 Å². The van der Waals surface area contributed by atoms with Crippen molar-refractivity contribution >= 4 is 28.3 Å². The average Bonchev–Trinajstić information content (AvgIpc) is 3.40. The number of carbonyl (C=O) groups is 2. The molecular formula is C23H23N3O3S. The Balaban J connectivity index is 1.30. The molecule has 0 aliphatic heterocycles. The first-order chi connectivity index (χ1) is 14.6. The Morgan fingerprint density at radius 1 is 1.10 bits per heavy atom. The molecule has 0 unspecified atom stereocenters. The highest BCUT2D eigenvalue weighted by atomic mass is 32.1. The summed E-state index contributed by atoms with van der Waals surface area (Å²) in [6.07, 6.45) is 3.39. The third-order valence-electron chi connectivity index (χ3n) is 4.98. The van der Waals surface area contributed by atoms with E-state index in [-0.39, 0.29) is 18.4 Å². The number of ether oxygens (including phenoxy) is 1. The molecule has 0 saturated heterocycles. The number of fused-ring (bicyclic) bond motifs is 1. The number of benzene rings is 2. The smallest absolute Gasteiger partial charge is 0.264 e. The monoisotopic (exact) mass is 421 g/mol. The van der Waals surface area contributed by atoms with Gasteiger partial charge in [0.1, 0.15) is 5.75 Å². The molecule has 0 atom stereocenters. The normalized spacial score (nSPS) is 12.3. The lowest BCUT2D eigenvalue weighted by molar-refractivity contribution is -0.119. The Kier molecular flexibility index (Phi) is 6.09. The van der Waals surface area contributed by atoms with Gasteiger partial charge in [-0.2, -0.15) is 0 Å². The zero-order valence-electron chi connectivity index (χ0n) is 16.7. The van der Waals surface area contributed by atoms with Gasteiger partial charge in [0, 0.05) is 24.4 Å². The number of rotatable bonds is 7. The molecule has 2 amide bonds. The van der Waals surface area contributed by atoms with E-state index in [0.717, 1.165) is 35.4 Å². The Hall–Kier alpha value is -3.19. The predicted molar refractivity (Wildman–Crippen MR) is 118 cm³/mol. The average molecular weight is 422 g/mol. The minimum Gasteiger partial charge on any atom is -0.484 e. The summed E-state index contributed by atoms with van der Waals surface area (Å²) in [5, 5.41) is 8.01. The van der Waals surface area contributed by atoms with Crippen molar-refractivity contribution < 1.29 is 14.3 Å². The SMILES string of the molecule is CC(=O)NCc1ccc(-c2csc(NC(=O)COc3ccc4c(c3)CCC4)n2)cc1. The number of amides is 2. The largest absolute Gasteiger partial charge is 0.484 e. The standard InChI is InChI=1S/C23H23N3O3S/c1-15(27)24-12-16-5-7-18(8-6-16)21-14-30-23(25-21)26-22(28)13-29-20-10-9-17-3-2-4-19(17)11-20/h5-11,14H,2-4,12-13H2,1H3,(H,24,27)(H,25,26,28). The Morgan fingerprint density at radius 3 is 2.70 bits per heavy atom. The number of carbonyl (C=O) groups excluding carboxylic acids is 2. The van der Waals surface area contributed by atoms with Crippen LogP contribution in [0, 0.1) is 0 Å². The lowest BCUT2D eigenvalue weighted by atomic mass is 10.1. The molecule has 7 heteroatoms. The van der Waals surface area contributed by atoms with Gasteiger partial charge < -0.3 is 10.1 Å². The molecule has 30 heavy (non-hydrogen) atoms. The highest BCUT2D eigenvalue weighted by Crippen LogP contribution is 2.27. The third kappa shape index (κ3) is 5.04. The number of thiazole rings is 1. The lowest BCUT2D eigenvalue weighted by Crippen LogP contribution is -2.20. The van der Waals surface area contributed by atoms with Gasteiger partial charge in [0.25, 0.3) is 5.91 Å². The molecule has 0 saturated carbocycles. The fraction of sp³-hybridized carbons (Fsp3) is 0.261. The van der Waals surface area contributed by atoms with Gasteiger partial charge in [0.05, 0.1) is 5.69 Å². The van der Waals surface area contributed by atoms with Gasteiger partial charge in [-0.05, 0) is 48.1 Å². The molecule has 0 fully saturated rings. The Bertz CT molecular complexity index is 1060. The van der Waals surface area contributed by atoms with E-state index in [1.807, 2.05) is 41.8 Å². The van der Waals surface area contributed by atoms with E-state index in [2.05, 4.69) is 21.7 Å². The molecule has 6 nitrogen and oxygen atoms in total. The van der Waals surface area contributed by atoms with Crippen molar-refractivity contribution in [2.75, 3.05) is 11.9 Å². The maximum absolute atomic E-state index is 12.2. The molecule has 0 spiro atoms. The Labute approximate surface area is 179 Å². The number of hydrogen-bond donors (Lipinski definition) is 2. The van der Waals surface area contributed by atoms with Gasteiger partial charge >= 0.3 is 0 Å². The molecule has 0 bridgehead atoms. The molecule has 154 valence electrons. The van der Waals surface area contributed by atoms with Crippen LogP contribution in [0.3, 0.4) is 0 Å². The van der Waals surface area contributed by atoms with E-state index in [1.54, 1.807) is 0 Å². The van der Waals surface area contributed by atoms with E-state index in [0.29, 0.717) is 11.7 Å². The van der Waals surface area contributed by atoms with Crippen LogP contribution in [0.15, 0.2) is 47.8 Å². The van der Waals surface area contributed by atoms with E-state index in [4.69, 9.17) is 4.74 Å². The van der Waals surface area contributed by atoms with Crippen LogP contribution >= 0.6 is 11.3 Å². The quantitative estimate of drug-likeness (QED) is 0.605. The lowest BCUT2D eigenvalue weighted by Gasteiger charge is -2.07. The summed E-state index contributed by atoms with van der Waals surface area (Å²) in [7, 11) is 0. The van der Waals surface area contributed by atoms with Crippen molar-refractivity contribution in [2.24, 2.45) is 0 Å². The predicted octanol–water partition coefficient (Wildman–Crippen LogP) is 3.95. The zero-order chi connectivity index (χ0) is 20.9. The zero-order valence-corrected chi connectivity index (χ0v) is 17.6. The Morgan fingerprint density at radius 2 is 1.90 bits per heavy atom. The van der Waals surface area contributed by atoms with Crippen LogP contribution in [-0.4, -0.2) is 23.4 Å². The van der Waals surface area contributed by atoms with Gasteiger partial charge in [0.15, 0.2) is 11.7 Å². The number of aryl methyl sites for hydroxylation is 2. The summed E-state index contributed by atoms with van der Waals surface area (Å²) in [6, 6.07) is 13.9. The van der Waals surface area contributed by atoms with Crippen molar-refractivity contribution in [2.45, 2.75) is 32.7 Å². The van der Waals surface area contributed by atoms with Crippen LogP contribution in [0.4, 0.5) is 5.13 Å². The van der Waals surface area contributed by atoms with E-state index >= 15 is 0 Å². The van der Waals surface area contributed by atoms with Crippen molar-refractivity contribution in [1.82, 2.24) is 10.3 Å². The van der Waals surface area contributed by atoms with Crippen LogP contribution in [0.1, 0.15) is 30.0 Å². The van der Waals surface area contributed by atoms with Gasteiger partial charge in [-0.15, -0.1) is 11.3 Å². The number of hydrogen-bond acceptors (Lipinski definition) is 5. The molecule has 2 N–H and O–H groups in total. The molecule has 0 radical (unpaired) electrons. The third-order valence-corrected chi connectivity index (χ3v) is 5.74. The summed E-state index contributed by atoms with van der Waals surface area (Å²) in [4.78, 5) is 27.7.